The first-order valence-electron chi connectivity index (χ1n) is 5.46. The van der Waals surface area contributed by atoms with Gasteiger partial charge >= 0.3 is 0 Å². The van der Waals surface area contributed by atoms with Crippen molar-refractivity contribution in [2.75, 3.05) is 5.32 Å². The number of hydrogen-bond donors (Lipinski definition) is 2. The van der Waals surface area contributed by atoms with Gasteiger partial charge in [0.15, 0.2) is 11.6 Å². The van der Waals surface area contributed by atoms with Crippen molar-refractivity contribution in [3.8, 4) is 0 Å². The van der Waals surface area contributed by atoms with E-state index >= 15 is 0 Å². The Morgan fingerprint density at radius 1 is 1.37 bits per heavy atom. The normalized spacial score (nSPS) is 10.5. The second-order valence-corrected chi connectivity index (χ2v) is 4.73. The van der Waals surface area contributed by atoms with Gasteiger partial charge in [0.1, 0.15) is 5.01 Å². The summed E-state index contributed by atoms with van der Waals surface area (Å²) in [4.78, 5) is 15.8. The third-order valence-corrected chi connectivity index (χ3v) is 3.24. The number of halogens is 2. The van der Waals surface area contributed by atoms with Crippen LogP contribution in [0.2, 0.25) is 0 Å². The molecule has 0 fully saturated rings. The highest BCUT2D eigenvalue weighted by Crippen LogP contribution is 2.14. The predicted molar refractivity (Wildman–Crippen MR) is 68.7 cm³/mol. The number of amides is 1. The Morgan fingerprint density at radius 2 is 2.16 bits per heavy atom. The minimum Gasteiger partial charge on any atom is -0.326 e. The first-order chi connectivity index (χ1) is 9.08. The number of anilines is 1. The number of hydrogen-bond acceptors (Lipinski definition) is 4. The molecule has 1 aromatic carbocycles. The van der Waals surface area contributed by atoms with E-state index in [1.165, 1.54) is 17.4 Å². The molecule has 100 valence electrons. The molecular formula is C12H11F2N3OS. The van der Waals surface area contributed by atoms with Gasteiger partial charge in [-0.1, -0.05) is 0 Å². The second-order valence-electron chi connectivity index (χ2n) is 3.79. The van der Waals surface area contributed by atoms with Gasteiger partial charge < -0.3 is 11.1 Å². The molecule has 7 heteroatoms. The SMILES string of the molecule is NCc1nc(CC(=O)Nc2ccc(F)c(F)c2)cs1. The number of nitrogens with zero attached hydrogens (tertiary/aromatic N) is 1. The van der Waals surface area contributed by atoms with Gasteiger partial charge in [0, 0.05) is 23.7 Å². The molecule has 0 saturated carbocycles. The first-order valence-corrected chi connectivity index (χ1v) is 6.34. The van der Waals surface area contributed by atoms with Gasteiger partial charge in [0.25, 0.3) is 0 Å². The summed E-state index contributed by atoms with van der Waals surface area (Å²) in [5.74, 6) is -2.30. The maximum Gasteiger partial charge on any atom is 0.230 e. The minimum absolute atomic E-state index is 0.0650. The zero-order chi connectivity index (χ0) is 13.8. The number of carbonyl (C=O) groups excluding carboxylic acids is 1. The second kappa shape index (κ2) is 5.85. The monoisotopic (exact) mass is 283 g/mol. The Bertz CT molecular complexity index is 600. The van der Waals surface area contributed by atoms with Crippen LogP contribution in [-0.2, 0) is 17.8 Å². The molecule has 1 aromatic heterocycles. The number of benzene rings is 1. The highest BCUT2D eigenvalue weighted by molar-refractivity contribution is 7.09. The lowest BCUT2D eigenvalue weighted by atomic mass is 10.2. The van der Waals surface area contributed by atoms with Crippen molar-refractivity contribution in [2.45, 2.75) is 13.0 Å². The standard InChI is InChI=1S/C12H11F2N3OS/c13-9-2-1-7(3-10(9)14)16-11(18)4-8-6-19-12(5-15)17-8/h1-3,6H,4-5,15H2,(H,16,18). The zero-order valence-electron chi connectivity index (χ0n) is 9.82. The quantitative estimate of drug-likeness (QED) is 0.902. The van der Waals surface area contributed by atoms with Gasteiger partial charge in [0.05, 0.1) is 12.1 Å². The molecule has 0 aliphatic rings. The van der Waals surface area contributed by atoms with Crippen LogP contribution < -0.4 is 11.1 Å². The largest absolute Gasteiger partial charge is 0.326 e. The summed E-state index contributed by atoms with van der Waals surface area (Å²) in [5.41, 5.74) is 6.23. The van der Waals surface area contributed by atoms with Crippen LogP contribution in [-0.4, -0.2) is 10.9 Å². The third kappa shape index (κ3) is 3.55. The lowest BCUT2D eigenvalue weighted by molar-refractivity contribution is -0.115. The van der Waals surface area contributed by atoms with E-state index in [0.29, 0.717) is 12.2 Å². The molecule has 3 N–H and O–H groups in total. The summed E-state index contributed by atoms with van der Waals surface area (Å²) >= 11 is 1.38. The van der Waals surface area contributed by atoms with Crippen molar-refractivity contribution in [1.82, 2.24) is 4.98 Å². The Hall–Kier alpha value is -1.86. The van der Waals surface area contributed by atoms with Gasteiger partial charge in [0.2, 0.25) is 5.91 Å². The minimum atomic E-state index is -1.00. The summed E-state index contributed by atoms with van der Waals surface area (Å²) in [7, 11) is 0. The van der Waals surface area contributed by atoms with Crippen LogP contribution in [0.4, 0.5) is 14.5 Å². The molecule has 1 heterocycles. The summed E-state index contributed by atoms with van der Waals surface area (Å²) in [6, 6.07) is 3.18. The molecule has 0 saturated heterocycles. The van der Waals surface area contributed by atoms with Crippen molar-refractivity contribution in [1.29, 1.82) is 0 Å². The van der Waals surface area contributed by atoms with Crippen molar-refractivity contribution >= 4 is 22.9 Å². The zero-order valence-corrected chi connectivity index (χ0v) is 10.6. The van der Waals surface area contributed by atoms with Crippen molar-refractivity contribution in [3.05, 3.63) is 45.9 Å². The van der Waals surface area contributed by atoms with Crippen molar-refractivity contribution in [2.24, 2.45) is 5.73 Å². The fraction of sp³-hybridized carbons (Fsp3) is 0.167. The van der Waals surface area contributed by atoms with E-state index in [-0.39, 0.29) is 18.0 Å². The Labute approximate surface area is 112 Å². The number of nitrogens with one attached hydrogen (secondary N) is 1. The molecule has 4 nitrogen and oxygen atoms in total. The number of nitrogens with two attached hydrogens (primary N) is 1. The van der Waals surface area contributed by atoms with Crippen molar-refractivity contribution in [3.63, 3.8) is 0 Å². The molecule has 0 unspecified atom stereocenters. The number of rotatable bonds is 4. The lowest BCUT2D eigenvalue weighted by Crippen LogP contribution is -2.15. The van der Waals surface area contributed by atoms with Gasteiger partial charge in [-0.05, 0) is 12.1 Å². The van der Waals surface area contributed by atoms with Crippen molar-refractivity contribution < 1.29 is 13.6 Å². The van der Waals surface area contributed by atoms with Gasteiger partial charge in [-0.3, -0.25) is 4.79 Å². The van der Waals surface area contributed by atoms with E-state index in [4.69, 9.17) is 5.73 Å². The number of aromatic nitrogens is 1. The van der Waals surface area contributed by atoms with E-state index in [1.807, 2.05) is 0 Å². The molecule has 0 aliphatic carbocycles. The first kappa shape index (κ1) is 13.6. The topological polar surface area (TPSA) is 68.0 Å². The average molecular weight is 283 g/mol. The summed E-state index contributed by atoms with van der Waals surface area (Å²) in [5, 5.41) is 4.96. The predicted octanol–water partition coefficient (Wildman–Crippen LogP) is 2.06. The van der Waals surface area contributed by atoms with E-state index < -0.39 is 11.6 Å². The molecule has 2 aromatic rings. The van der Waals surface area contributed by atoms with E-state index in [2.05, 4.69) is 10.3 Å². The third-order valence-electron chi connectivity index (χ3n) is 2.32. The van der Waals surface area contributed by atoms with Gasteiger partial charge in [-0.25, -0.2) is 13.8 Å². The van der Waals surface area contributed by atoms with Gasteiger partial charge in [-0.15, -0.1) is 11.3 Å². The summed E-state index contributed by atoms with van der Waals surface area (Å²) in [6.07, 6.45) is 0.0650. The molecule has 0 bridgehead atoms. The molecule has 0 atom stereocenters. The average Bonchev–Trinajstić information content (AvgIpc) is 2.81. The van der Waals surface area contributed by atoms with Crippen LogP contribution in [0.15, 0.2) is 23.6 Å². The molecule has 0 radical (unpaired) electrons. The fourth-order valence-corrected chi connectivity index (χ4v) is 2.14. The lowest BCUT2D eigenvalue weighted by Gasteiger charge is -2.04. The molecule has 0 aliphatic heterocycles. The van der Waals surface area contributed by atoms with Crippen LogP contribution in [0.3, 0.4) is 0 Å². The highest BCUT2D eigenvalue weighted by Gasteiger charge is 2.09. The number of thiazole rings is 1. The maximum absolute atomic E-state index is 13.0. The molecule has 19 heavy (non-hydrogen) atoms. The van der Waals surface area contributed by atoms with E-state index in [0.717, 1.165) is 17.1 Å². The van der Waals surface area contributed by atoms with Gasteiger partial charge in [-0.2, -0.15) is 0 Å². The van der Waals surface area contributed by atoms with Crippen LogP contribution in [0.5, 0.6) is 0 Å². The van der Waals surface area contributed by atoms with Crippen LogP contribution >= 0.6 is 11.3 Å². The van der Waals surface area contributed by atoms with Crippen LogP contribution in [0.25, 0.3) is 0 Å². The molecule has 1 amide bonds. The Balaban J connectivity index is 1.98. The molecular weight excluding hydrogens is 272 g/mol. The number of carbonyl (C=O) groups is 1. The van der Waals surface area contributed by atoms with E-state index in [9.17, 15) is 13.6 Å². The van der Waals surface area contributed by atoms with E-state index in [1.54, 1.807) is 5.38 Å². The Morgan fingerprint density at radius 3 is 2.79 bits per heavy atom. The fourth-order valence-electron chi connectivity index (χ4n) is 1.47. The van der Waals surface area contributed by atoms with Crippen LogP contribution in [0.1, 0.15) is 10.7 Å². The Kier molecular flexibility index (Phi) is 4.18. The van der Waals surface area contributed by atoms with Crippen LogP contribution in [0, 0.1) is 11.6 Å². The molecule has 0 spiro atoms. The molecule has 2 rings (SSSR count). The summed E-state index contributed by atoms with van der Waals surface area (Å²) in [6.45, 7) is 0.329. The smallest absolute Gasteiger partial charge is 0.230 e. The summed E-state index contributed by atoms with van der Waals surface area (Å²) < 4.78 is 25.7. The highest BCUT2D eigenvalue weighted by atomic mass is 32.1. The maximum atomic E-state index is 13.0.